The van der Waals surface area contributed by atoms with Gasteiger partial charge in [0.15, 0.2) is 0 Å². The maximum absolute atomic E-state index is 13.2. The van der Waals surface area contributed by atoms with Gasteiger partial charge in [0.25, 0.3) is 5.91 Å². The van der Waals surface area contributed by atoms with Gasteiger partial charge in [0.2, 0.25) is 5.56 Å². The van der Waals surface area contributed by atoms with Crippen LogP contribution in [0.4, 0.5) is 18.9 Å². The fourth-order valence-corrected chi connectivity index (χ4v) is 2.73. The molecule has 1 aromatic heterocycles. The maximum Gasteiger partial charge on any atom is 0.416 e. The number of H-pyrrole nitrogens is 1. The number of anilines is 1. The van der Waals surface area contributed by atoms with Crippen LogP contribution in [0.25, 0.3) is 0 Å². The van der Waals surface area contributed by atoms with E-state index in [-0.39, 0.29) is 17.0 Å². The number of benzene rings is 2. The van der Waals surface area contributed by atoms with E-state index in [9.17, 15) is 22.8 Å². The summed E-state index contributed by atoms with van der Waals surface area (Å²) in [6, 6.07) is 9.97. The highest BCUT2D eigenvalue weighted by atomic mass is 19.4. The van der Waals surface area contributed by atoms with Crippen LogP contribution in [0, 0.1) is 6.92 Å². The third-order valence-electron chi connectivity index (χ3n) is 4.18. The Hall–Kier alpha value is -3.75. The Morgan fingerprint density at radius 2 is 1.77 bits per heavy atom. The first kappa shape index (κ1) is 21.0. The lowest BCUT2D eigenvalue weighted by Crippen LogP contribution is -2.16. The van der Waals surface area contributed by atoms with E-state index >= 15 is 0 Å². The van der Waals surface area contributed by atoms with Gasteiger partial charge in [0.05, 0.1) is 18.2 Å². The number of aromatic nitrogens is 1. The van der Waals surface area contributed by atoms with Crippen molar-refractivity contribution in [3.8, 4) is 17.2 Å². The maximum atomic E-state index is 13.2. The second-order valence-corrected chi connectivity index (χ2v) is 6.34. The van der Waals surface area contributed by atoms with Crippen LogP contribution < -0.4 is 20.3 Å². The number of nitrogens with one attached hydrogen (secondary N) is 2. The molecule has 3 aromatic rings. The number of carbonyl (C=O) groups is 1. The quantitative estimate of drug-likeness (QED) is 0.626. The molecule has 0 atom stereocenters. The summed E-state index contributed by atoms with van der Waals surface area (Å²) >= 11 is 0. The van der Waals surface area contributed by atoms with Gasteiger partial charge in [-0.1, -0.05) is 0 Å². The zero-order valence-electron chi connectivity index (χ0n) is 16.0. The molecule has 0 aliphatic rings. The van der Waals surface area contributed by atoms with Gasteiger partial charge in [-0.05, 0) is 55.0 Å². The number of hydrogen-bond donors (Lipinski definition) is 2. The summed E-state index contributed by atoms with van der Waals surface area (Å²) in [6.07, 6.45) is -3.34. The average Bonchev–Trinajstić information content (AvgIpc) is 2.67. The molecule has 0 radical (unpaired) electrons. The zero-order valence-corrected chi connectivity index (χ0v) is 16.0. The van der Waals surface area contributed by atoms with Crippen molar-refractivity contribution in [3.63, 3.8) is 0 Å². The van der Waals surface area contributed by atoms with Crippen molar-refractivity contribution in [1.29, 1.82) is 0 Å². The zero-order chi connectivity index (χ0) is 21.9. The molecule has 30 heavy (non-hydrogen) atoms. The second-order valence-electron chi connectivity index (χ2n) is 6.34. The Balaban J connectivity index is 1.99. The number of aryl methyl sites for hydroxylation is 1. The average molecular weight is 418 g/mol. The molecule has 0 unspecified atom stereocenters. The minimum atomic E-state index is -4.64. The summed E-state index contributed by atoms with van der Waals surface area (Å²) in [5, 5.41) is 2.41. The van der Waals surface area contributed by atoms with Crippen LogP contribution in [0.3, 0.4) is 0 Å². The molecule has 2 N–H and O–H groups in total. The van der Waals surface area contributed by atoms with Crippen LogP contribution in [-0.4, -0.2) is 18.0 Å². The third kappa shape index (κ3) is 4.80. The summed E-state index contributed by atoms with van der Waals surface area (Å²) in [5.41, 5.74) is -0.929. The highest BCUT2D eigenvalue weighted by molar-refractivity contribution is 6.06. The molecule has 9 heteroatoms. The lowest BCUT2D eigenvalue weighted by atomic mass is 10.1. The van der Waals surface area contributed by atoms with Crippen molar-refractivity contribution in [2.24, 2.45) is 0 Å². The van der Waals surface area contributed by atoms with Crippen LogP contribution >= 0.6 is 0 Å². The van der Waals surface area contributed by atoms with E-state index < -0.39 is 23.2 Å². The minimum Gasteiger partial charge on any atom is -0.496 e. The smallest absolute Gasteiger partial charge is 0.416 e. The van der Waals surface area contributed by atoms with Crippen LogP contribution in [0.1, 0.15) is 21.5 Å². The first-order chi connectivity index (χ1) is 14.2. The SMILES string of the molecule is COc1ccc(Oc2ccc(C(F)(F)F)cc2C(=O)Nc2cc[nH]c(=O)c2)cc1C. The molecule has 0 saturated carbocycles. The molecule has 1 amide bonds. The van der Waals surface area contributed by atoms with Crippen LogP contribution in [0.15, 0.2) is 59.5 Å². The number of amides is 1. The number of ether oxygens (including phenoxy) is 2. The van der Waals surface area contributed by atoms with Gasteiger partial charge in [-0.15, -0.1) is 0 Å². The van der Waals surface area contributed by atoms with E-state index in [1.165, 1.54) is 19.4 Å². The second kappa shape index (κ2) is 8.32. The Morgan fingerprint density at radius 1 is 1.03 bits per heavy atom. The number of pyridine rings is 1. The normalized spacial score (nSPS) is 11.1. The first-order valence-corrected chi connectivity index (χ1v) is 8.71. The monoisotopic (exact) mass is 418 g/mol. The van der Waals surface area contributed by atoms with Gasteiger partial charge in [-0.3, -0.25) is 9.59 Å². The van der Waals surface area contributed by atoms with E-state index in [1.54, 1.807) is 25.1 Å². The number of alkyl halides is 3. The summed E-state index contributed by atoms with van der Waals surface area (Å²) in [6.45, 7) is 1.78. The highest BCUT2D eigenvalue weighted by Crippen LogP contribution is 2.35. The van der Waals surface area contributed by atoms with Crippen molar-refractivity contribution in [2.75, 3.05) is 12.4 Å². The molecule has 6 nitrogen and oxygen atoms in total. The number of carbonyl (C=O) groups excluding carboxylic acids is 1. The van der Waals surface area contributed by atoms with Gasteiger partial charge in [-0.2, -0.15) is 13.2 Å². The predicted octanol–water partition coefficient (Wildman–Crippen LogP) is 4.76. The van der Waals surface area contributed by atoms with E-state index in [2.05, 4.69) is 10.3 Å². The lowest BCUT2D eigenvalue weighted by Gasteiger charge is -2.15. The van der Waals surface area contributed by atoms with E-state index in [0.29, 0.717) is 17.6 Å². The Bertz CT molecular complexity index is 1140. The van der Waals surface area contributed by atoms with E-state index in [4.69, 9.17) is 9.47 Å². The van der Waals surface area contributed by atoms with Gasteiger partial charge < -0.3 is 19.8 Å². The van der Waals surface area contributed by atoms with Gasteiger partial charge in [0.1, 0.15) is 17.2 Å². The minimum absolute atomic E-state index is 0.0742. The van der Waals surface area contributed by atoms with Gasteiger partial charge >= 0.3 is 6.18 Å². The van der Waals surface area contributed by atoms with Crippen LogP contribution in [-0.2, 0) is 6.18 Å². The summed E-state index contributed by atoms with van der Waals surface area (Å²) in [5.74, 6) is 0.00198. The Morgan fingerprint density at radius 3 is 2.40 bits per heavy atom. The van der Waals surface area contributed by atoms with Crippen molar-refractivity contribution >= 4 is 11.6 Å². The molecule has 2 aromatic carbocycles. The number of rotatable bonds is 5. The molecule has 0 fully saturated rings. The molecular weight excluding hydrogens is 401 g/mol. The van der Waals surface area contributed by atoms with Crippen LogP contribution in [0.5, 0.6) is 17.2 Å². The Labute approximate surface area is 169 Å². The van der Waals surface area contributed by atoms with Crippen molar-refractivity contribution in [1.82, 2.24) is 4.98 Å². The van der Waals surface area contributed by atoms with Crippen molar-refractivity contribution in [2.45, 2.75) is 13.1 Å². The predicted molar refractivity (Wildman–Crippen MR) is 104 cm³/mol. The van der Waals surface area contributed by atoms with E-state index in [0.717, 1.165) is 23.8 Å². The van der Waals surface area contributed by atoms with Crippen LogP contribution in [0.2, 0.25) is 0 Å². The third-order valence-corrected chi connectivity index (χ3v) is 4.18. The lowest BCUT2D eigenvalue weighted by molar-refractivity contribution is -0.137. The van der Waals surface area contributed by atoms with Crippen molar-refractivity contribution < 1.29 is 27.4 Å². The summed E-state index contributed by atoms with van der Waals surface area (Å²) in [7, 11) is 1.51. The number of halogens is 3. The topological polar surface area (TPSA) is 80.4 Å². The largest absolute Gasteiger partial charge is 0.496 e. The molecule has 0 aliphatic heterocycles. The number of hydrogen-bond acceptors (Lipinski definition) is 4. The first-order valence-electron chi connectivity index (χ1n) is 8.71. The Kier molecular flexibility index (Phi) is 5.81. The molecule has 1 heterocycles. The number of aromatic amines is 1. The summed E-state index contributed by atoms with van der Waals surface area (Å²) in [4.78, 5) is 26.5. The van der Waals surface area contributed by atoms with Gasteiger partial charge in [0, 0.05) is 18.0 Å². The molecule has 156 valence electrons. The van der Waals surface area contributed by atoms with Gasteiger partial charge in [-0.25, -0.2) is 0 Å². The standard InChI is InChI=1S/C21H17F3N2O4/c1-12-9-15(4-6-17(12)29-2)30-18-5-3-13(21(22,23)24)10-16(18)20(28)26-14-7-8-25-19(27)11-14/h3-11H,1-2H3,(H2,25,26,27,28). The molecule has 0 bridgehead atoms. The summed E-state index contributed by atoms with van der Waals surface area (Å²) < 4.78 is 50.4. The fraction of sp³-hybridized carbons (Fsp3) is 0.143. The van der Waals surface area contributed by atoms with E-state index in [1.807, 2.05) is 0 Å². The molecule has 0 aliphatic carbocycles. The molecule has 0 spiro atoms. The molecular formula is C21H17F3N2O4. The number of methoxy groups -OCH3 is 1. The van der Waals surface area contributed by atoms with Crippen molar-refractivity contribution in [3.05, 3.63) is 81.8 Å². The molecule has 0 saturated heterocycles. The molecule has 3 rings (SSSR count). The fourth-order valence-electron chi connectivity index (χ4n) is 2.73. The highest BCUT2D eigenvalue weighted by Gasteiger charge is 2.32.